The Kier molecular flexibility index (Phi) is 4.77. The third kappa shape index (κ3) is 3.51. The van der Waals surface area contributed by atoms with Gasteiger partial charge in [0.15, 0.2) is 5.78 Å². The zero-order chi connectivity index (χ0) is 18.1. The quantitative estimate of drug-likeness (QED) is 0.850. The van der Waals surface area contributed by atoms with E-state index in [-0.39, 0.29) is 18.2 Å². The molecule has 0 spiro atoms. The smallest absolute Gasteiger partial charge is 0.307 e. The lowest BCUT2D eigenvalue weighted by Crippen LogP contribution is -2.29. The molecule has 0 amide bonds. The first-order valence-corrected chi connectivity index (χ1v) is 8.61. The van der Waals surface area contributed by atoms with Crippen LogP contribution in [-0.4, -0.2) is 46.0 Å². The molecule has 1 aromatic heterocycles. The third-order valence-corrected chi connectivity index (χ3v) is 5.01. The highest BCUT2D eigenvalue weighted by Gasteiger charge is 2.29. The van der Waals surface area contributed by atoms with E-state index in [9.17, 15) is 9.59 Å². The van der Waals surface area contributed by atoms with Crippen LogP contribution in [0.2, 0.25) is 0 Å². The number of nitrogens with zero attached hydrogens (tertiary/aromatic N) is 2. The van der Waals surface area contributed by atoms with E-state index < -0.39 is 5.97 Å². The van der Waals surface area contributed by atoms with Gasteiger partial charge >= 0.3 is 5.97 Å². The first-order valence-electron chi connectivity index (χ1n) is 8.61. The first-order chi connectivity index (χ1) is 11.9. The first kappa shape index (κ1) is 17.4. The Morgan fingerprint density at radius 2 is 1.84 bits per heavy atom. The molecule has 1 N–H and O–H groups in total. The molecule has 1 aromatic carbocycles. The van der Waals surface area contributed by atoms with E-state index in [0.717, 1.165) is 22.6 Å². The number of hydrogen-bond acceptors (Lipinski definition) is 3. The van der Waals surface area contributed by atoms with Gasteiger partial charge < -0.3 is 9.67 Å². The van der Waals surface area contributed by atoms with Crippen molar-refractivity contribution in [2.45, 2.75) is 27.2 Å². The highest BCUT2D eigenvalue weighted by atomic mass is 16.4. The Bertz CT molecular complexity index is 805. The fraction of sp³-hybridized carbons (Fsp3) is 0.400. The Labute approximate surface area is 147 Å². The predicted molar refractivity (Wildman–Crippen MR) is 96.5 cm³/mol. The number of carboxylic acids is 1. The number of ketones is 1. The number of Topliss-reactive ketones (excluding diaryl/α,β-unsaturated/α-hetero) is 1. The molecule has 1 saturated heterocycles. The van der Waals surface area contributed by atoms with Crippen LogP contribution in [0.5, 0.6) is 0 Å². The molecule has 1 aliphatic heterocycles. The summed E-state index contributed by atoms with van der Waals surface area (Å²) < 4.78 is 2.09. The van der Waals surface area contributed by atoms with E-state index in [2.05, 4.69) is 35.8 Å². The van der Waals surface area contributed by atoms with Crippen molar-refractivity contribution in [3.8, 4) is 5.69 Å². The average Bonchev–Trinajstić information content (AvgIpc) is 3.13. The summed E-state index contributed by atoms with van der Waals surface area (Å²) >= 11 is 0. The summed E-state index contributed by atoms with van der Waals surface area (Å²) in [6.07, 6.45) is 0.616. The van der Waals surface area contributed by atoms with Crippen molar-refractivity contribution in [1.29, 1.82) is 0 Å². The molecule has 0 aliphatic carbocycles. The van der Waals surface area contributed by atoms with Crippen LogP contribution in [0.3, 0.4) is 0 Å². The molecule has 1 fully saturated rings. The number of aliphatic carboxylic acids is 1. The molecule has 0 radical (unpaired) electrons. The van der Waals surface area contributed by atoms with E-state index in [1.807, 2.05) is 24.8 Å². The monoisotopic (exact) mass is 340 g/mol. The van der Waals surface area contributed by atoms with Gasteiger partial charge in [-0.25, -0.2) is 0 Å². The van der Waals surface area contributed by atoms with Crippen molar-refractivity contribution >= 4 is 11.8 Å². The maximum absolute atomic E-state index is 12.7. The summed E-state index contributed by atoms with van der Waals surface area (Å²) in [4.78, 5) is 25.8. The van der Waals surface area contributed by atoms with Gasteiger partial charge in [0.25, 0.3) is 0 Å². The van der Waals surface area contributed by atoms with Crippen molar-refractivity contribution in [3.05, 3.63) is 52.8 Å². The Hall–Kier alpha value is -2.40. The number of carbonyl (C=O) groups is 2. The molecule has 2 heterocycles. The van der Waals surface area contributed by atoms with Gasteiger partial charge in [-0.3, -0.25) is 14.5 Å². The van der Waals surface area contributed by atoms with Gasteiger partial charge in [-0.1, -0.05) is 17.7 Å². The van der Waals surface area contributed by atoms with Crippen molar-refractivity contribution in [3.63, 3.8) is 0 Å². The van der Waals surface area contributed by atoms with Crippen LogP contribution >= 0.6 is 0 Å². The minimum Gasteiger partial charge on any atom is -0.481 e. The van der Waals surface area contributed by atoms with Gasteiger partial charge in [0.2, 0.25) is 0 Å². The maximum atomic E-state index is 12.7. The topological polar surface area (TPSA) is 62.5 Å². The van der Waals surface area contributed by atoms with E-state index in [0.29, 0.717) is 19.5 Å². The summed E-state index contributed by atoms with van der Waals surface area (Å²) in [5.74, 6) is -1.07. The number of hydrogen-bond donors (Lipinski definition) is 1. The second kappa shape index (κ2) is 6.84. The number of carbonyl (C=O) groups excluding carboxylic acids is 1. The molecule has 2 aromatic rings. The van der Waals surface area contributed by atoms with Gasteiger partial charge in [0.05, 0.1) is 12.5 Å². The highest BCUT2D eigenvalue weighted by Crippen LogP contribution is 2.23. The highest BCUT2D eigenvalue weighted by molar-refractivity contribution is 5.99. The van der Waals surface area contributed by atoms with Gasteiger partial charge in [0, 0.05) is 29.2 Å². The van der Waals surface area contributed by atoms with Crippen LogP contribution < -0.4 is 0 Å². The molecule has 1 aliphatic rings. The Balaban J connectivity index is 1.79. The normalized spacial score (nSPS) is 17.8. The largest absolute Gasteiger partial charge is 0.481 e. The lowest BCUT2D eigenvalue weighted by Gasteiger charge is -2.14. The third-order valence-electron chi connectivity index (χ3n) is 5.01. The Morgan fingerprint density at radius 1 is 1.16 bits per heavy atom. The van der Waals surface area contributed by atoms with Crippen molar-refractivity contribution in [1.82, 2.24) is 9.47 Å². The number of rotatable bonds is 5. The number of carboxylic acid groups (broad SMARTS) is 1. The SMILES string of the molecule is Cc1ccc(-n2c(C)cc(C(=O)CN3CCC(C(=O)O)C3)c2C)cc1. The second-order valence-electron chi connectivity index (χ2n) is 6.94. The summed E-state index contributed by atoms with van der Waals surface area (Å²) in [5, 5.41) is 9.10. The molecule has 0 saturated carbocycles. The molecule has 1 unspecified atom stereocenters. The number of benzene rings is 1. The minimum atomic E-state index is -0.771. The van der Waals surface area contributed by atoms with Gasteiger partial charge in [-0.15, -0.1) is 0 Å². The van der Waals surface area contributed by atoms with Crippen LogP contribution in [0.1, 0.15) is 33.7 Å². The molecule has 5 heteroatoms. The second-order valence-corrected chi connectivity index (χ2v) is 6.94. The van der Waals surface area contributed by atoms with Crippen LogP contribution in [-0.2, 0) is 4.79 Å². The summed E-state index contributed by atoms with van der Waals surface area (Å²) in [6, 6.07) is 10.2. The molecular formula is C20H24N2O3. The zero-order valence-corrected chi connectivity index (χ0v) is 15.0. The molecule has 1 atom stereocenters. The molecule has 132 valence electrons. The van der Waals surface area contributed by atoms with Crippen molar-refractivity contribution in [2.75, 3.05) is 19.6 Å². The minimum absolute atomic E-state index is 0.0532. The van der Waals surface area contributed by atoms with E-state index in [4.69, 9.17) is 5.11 Å². The summed E-state index contributed by atoms with van der Waals surface area (Å²) in [5.41, 5.74) is 4.92. The standard InChI is InChI=1S/C20H24N2O3/c1-13-4-6-17(7-5-13)22-14(2)10-18(15(22)3)19(23)12-21-9-8-16(11-21)20(24)25/h4-7,10,16H,8-9,11-12H2,1-3H3,(H,24,25). The number of aromatic nitrogens is 1. The van der Waals surface area contributed by atoms with Crippen LogP contribution in [0.25, 0.3) is 5.69 Å². The van der Waals surface area contributed by atoms with Crippen LogP contribution in [0, 0.1) is 26.7 Å². The maximum Gasteiger partial charge on any atom is 0.307 e. The fourth-order valence-electron chi connectivity index (χ4n) is 3.60. The van der Waals surface area contributed by atoms with Crippen molar-refractivity contribution < 1.29 is 14.7 Å². The van der Waals surface area contributed by atoms with Crippen LogP contribution in [0.15, 0.2) is 30.3 Å². The van der Waals surface area contributed by atoms with E-state index in [1.165, 1.54) is 5.56 Å². The molecule has 3 rings (SSSR count). The molecular weight excluding hydrogens is 316 g/mol. The summed E-state index contributed by atoms with van der Waals surface area (Å²) in [6.45, 7) is 7.41. The summed E-state index contributed by atoms with van der Waals surface area (Å²) in [7, 11) is 0. The molecule has 25 heavy (non-hydrogen) atoms. The zero-order valence-electron chi connectivity index (χ0n) is 15.0. The van der Waals surface area contributed by atoms with E-state index in [1.54, 1.807) is 0 Å². The fourth-order valence-corrected chi connectivity index (χ4v) is 3.60. The molecule has 0 bridgehead atoms. The van der Waals surface area contributed by atoms with Gasteiger partial charge in [0.1, 0.15) is 0 Å². The average molecular weight is 340 g/mol. The van der Waals surface area contributed by atoms with Gasteiger partial charge in [-0.05, 0) is 51.9 Å². The number of aryl methyl sites for hydroxylation is 2. The number of likely N-dealkylation sites (tertiary alicyclic amines) is 1. The van der Waals surface area contributed by atoms with Gasteiger partial charge in [-0.2, -0.15) is 0 Å². The Morgan fingerprint density at radius 3 is 2.44 bits per heavy atom. The molecule has 5 nitrogen and oxygen atoms in total. The van der Waals surface area contributed by atoms with E-state index >= 15 is 0 Å². The lowest BCUT2D eigenvalue weighted by molar-refractivity contribution is -0.141. The lowest BCUT2D eigenvalue weighted by atomic mass is 10.1. The van der Waals surface area contributed by atoms with Crippen molar-refractivity contribution in [2.24, 2.45) is 5.92 Å². The predicted octanol–water partition coefficient (Wildman–Crippen LogP) is 2.99. The van der Waals surface area contributed by atoms with Crippen LogP contribution in [0.4, 0.5) is 0 Å².